The molecule has 3 aromatic carbocycles. The summed E-state index contributed by atoms with van der Waals surface area (Å²) in [6.45, 7) is 27.3. The van der Waals surface area contributed by atoms with Crippen molar-refractivity contribution in [2.75, 3.05) is 10.6 Å². The van der Waals surface area contributed by atoms with Crippen molar-refractivity contribution in [3.05, 3.63) is 82.9 Å². The maximum atomic E-state index is 3.82. The van der Waals surface area contributed by atoms with Crippen molar-refractivity contribution < 1.29 is 0 Å². The second-order valence-corrected chi connectivity index (χ2v) is 14.3. The molecule has 0 unspecified atom stereocenters. The molecule has 0 atom stereocenters. The molecular weight excluding hydrogens is 436 g/mol. The number of nitrogens with one attached hydrogen (secondary N) is 2. The third-order valence-corrected chi connectivity index (χ3v) is 6.85. The Morgan fingerprint density at radius 2 is 0.722 bits per heavy atom. The third-order valence-electron chi connectivity index (χ3n) is 6.85. The summed E-state index contributed by atoms with van der Waals surface area (Å²) in [5.74, 6) is 0. The van der Waals surface area contributed by atoms with Crippen LogP contribution in [0.15, 0.2) is 60.7 Å². The molecule has 0 radical (unpaired) electrons. The smallest absolute Gasteiger partial charge is 0.0623 e. The molecule has 0 heterocycles. The fraction of sp³-hybridized carbons (Fsp3) is 0.471. The number of hydrogen-bond acceptors (Lipinski definition) is 2. The van der Waals surface area contributed by atoms with E-state index in [9.17, 15) is 0 Å². The summed E-state index contributed by atoms with van der Waals surface area (Å²) in [7, 11) is 0. The van der Waals surface area contributed by atoms with Crippen LogP contribution in [0.2, 0.25) is 0 Å². The van der Waals surface area contributed by atoms with Gasteiger partial charge in [0.15, 0.2) is 0 Å². The minimum Gasteiger partial charge on any atom is -0.354 e. The van der Waals surface area contributed by atoms with Crippen molar-refractivity contribution in [3.63, 3.8) is 0 Å². The maximum Gasteiger partial charge on any atom is 0.0623 e. The van der Waals surface area contributed by atoms with Crippen molar-refractivity contribution in [3.8, 4) is 0 Å². The molecule has 2 N–H and O–H groups in total. The summed E-state index contributed by atoms with van der Waals surface area (Å²) in [5.41, 5.74) is 10.0. The highest BCUT2D eigenvalue weighted by atomic mass is 15.0. The van der Waals surface area contributed by atoms with Gasteiger partial charge >= 0.3 is 0 Å². The molecule has 2 nitrogen and oxygen atoms in total. The standard InChI is InChI=1S/C34H48N2/c1-31(2,3)23-17-19-25(33(7,8)9)29(21-23)35-27-15-13-14-16-28(27)36-30-22-24(32(4,5)6)18-20-26(30)34(10,11)12/h13-22,35-36H,1-12H3. The van der Waals surface area contributed by atoms with Crippen LogP contribution in [0.5, 0.6) is 0 Å². The lowest BCUT2D eigenvalue weighted by Gasteiger charge is -2.29. The third kappa shape index (κ3) is 6.52. The van der Waals surface area contributed by atoms with E-state index in [0.717, 1.165) is 11.4 Å². The molecule has 0 bridgehead atoms. The van der Waals surface area contributed by atoms with Crippen LogP contribution < -0.4 is 10.6 Å². The second-order valence-electron chi connectivity index (χ2n) is 14.3. The van der Waals surface area contributed by atoms with Gasteiger partial charge in [0.05, 0.1) is 11.4 Å². The molecule has 0 aromatic heterocycles. The van der Waals surface area contributed by atoms with Gasteiger partial charge in [0, 0.05) is 11.4 Å². The first-order chi connectivity index (χ1) is 16.4. The Labute approximate surface area is 220 Å². The average molecular weight is 485 g/mol. The molecular formula is C34H48N2. The van der Waals surface area contributed by atoms with E-state index in [4.69, 9.17) is 0 Å². The number of hydrogen-bond donors (Lipinski definition) is 2. The number of benzene rings is 3. The lowest BCUT2D eigenvalue weighted by atomic mass is 9.81. The summed E-state index contributed by atoms with van der Waals surface area (Å²) in [4.78, 5) is 0. The predicted octanol–water partition coefficient (Wildman–Crippen LogP) is 10.4. The van der Waals surface area contributed by atoms with E-state index in [1.165, 1.54) is 33.6 Å². The first-order valence-corrected chi connectivity index (χ1v) is 13.3. The number of para-hydroxylation sites is 2. The fourth-order valence-electron chi connectivity index (χ4n) is 4.53. The van der Waals surface area contributed by atoms with E-state index in [0.29, 0.717) is 0 Å². The Bertz CT molecular complexity index is 1110. The Kier molecular flexibility index (Phi) is 7.44. The van der Waals surface area contributed by atoms with Crippen LogP contribution in [0, 0.1) is 0 Å². The van der Waals surface area contributed by atoms with Gasteiger partial charge in [-0.2, -0.15) is 0 Å². The number of rotatable bonds is 4. The van der Waals surface area contributed by atoms with Gasteiger partial charge < -0.3 is 10.6 Å². The van der Waals surface area contributed by atoms with Gasteiger partial charge in [-0.05, 0) is 68.2 Å². The average Bonchev–Trinajstić information content (AvgIpc) is 2.72. The first-order valence-electron chi connectivity index (χ1n) is 13.3. The zero-order valence-corrected chi connectivity index (χ0v) is 24.8. The molecule has 0 amide bonds. The van der Waals surface area contributed by atoms with Crippen molar-refractivity contribution in [2.24, 2.45) is 0 Å². The first kappa shape index (κ1) is 27.8. The van der Waals surface area contributed by atoms with Crippen LogP contribution in [0.4, 0.5) is 22.7 Å². The van der Waals surface area contributed by atoms with E-state index >= 15 is 0 Å². The summed E-state index contributed by atoms with van der Waals surface area (Å²) in [6, 6.07) is 22.4. The molecule has 0 aliphatic rings. The van der Waals surface area contributed by atoms with Crippen molar-refractivity contribution >= 4 is 22.7 Å². The van der Waals surface area contributed by atoms with E-state index in [1.807, 2.05) is 0 Å². The molecule has 3 rings (SSSR count). The molecule has 0 aliphatic heterocycles. The fourth-order valence-corrected chi connectivity index (χ4v) is 4.53. The molecule has 36 heavy (non-hydrogen) atoms. The Morgan fingerprint density at radius 1 is 0.389 bits per heavy atom. The molecule has 0 aliphatic carbocycles. The molecule has 194 valence electrons. The van der Waals surface area contributed by atoms with E-state index in [2.05, 4.69) is 154 Å². The molecule has 2 heteroatoms. The predicted molar refractivity (Wildman–Crippen MR) is 161 cm³/mol. The van der Waals surface area contributed by atoms with Gasteiger partial charge in [0.1, 0.15) is 0 Å². The Hall–Kier alpha value is -2.74. The minimum atomic E-state index is 0.0293. The lowest BCUT2D eigenvalue weighted by Crippen LogP contribution is -2.18. The molecule has 0 spiro atoms. The van der Waals surface area contributed by atoms with Crippen LogP contribution in [-0.2, 0) is 21.7 Å². The second kappa shape index (κ2) is 9.61. The van der Waals surface area contributed by atoms with Crippen LogP contribution in [0.25, 0.3) is 0 Å². The summed E-state index contributed by atoms with van der Waals surface area (Å²) >= 11 is 0. The van der Waals surface area contributed by atoms with Crippen LogP contribution in [0.3, 0.4) is 0 Å². The minimum absolute atomic E-state index is 0.0293. The van der Waals surface area contributed by atoms with E-state index in [-0.39, 0.29) is 21.7 Å². The van der Waals surface area contributed by atoms with Gasteiger partial charge in [0.25, 0.3) is 0 Å². The SMILES string of the molecule is CC(C)(C)c1ccc(C(C)(C)C)c(Nc2ccccc2Nc2cc(C(C)(C)C)ccc2C(C)(C)C)c1. The molecule has 3 aromatic rings. The molecule has 0 saturated heterocycles. The zero-order valence-electron chi connectivity index (χ0n) is 24.8. The van der Waals surface area contributed by atoms with E-state index in [1.54, 1.807) is 0 Å². The molecule has 0 saturated carbocycles. The highest BCUT2D eigenvalue weighted by Gasteiger charge is 2.24. The van der Waals surface area contributed by atoms with Gasteiger partial charge in [-0.25, -0.2) is 0 Å². The summed E-state index contributed by atoms with van der Waals surface area (Å²) < 4.78 is 0. The highest BCUT2D eigenvalue weighted by Crippen LogP contribution is 2.39. The topological polar surface area (TPSA) is 24.1 Å². The quantitative estimate of drug-likeness (QED) is 0.385. The number of anilines is 4. The largest absolute Gasteiger partial charge is 0.354 e. The van der Waals surface area contributed by atoms with Gasteiger partial charge in [-0.3, -0.25) is 0 Å². The monoisotopic (exact) mass is 484 g/mol. The van der Waals surface area contributed by atoms with E-state index < -0.39 is 0 Å². The molecule has 0 fully saturated rings. The van der Waals surface area contributed by atoms with Crippen LogP contribution in [-0.4, -0.2) is 0 Å². The Balaban J connectivity index is 2.11. The Morgan fingerprint density at radius 3 is 1.00 bits per heavy atom. The van der Waals surface area contributed by atoms with Gasteiger partial charge in [-0.15, -0.1) is 0 Å². The summed E-state index contributed by atoms with van der Waals surface area (Å²) in [6.07, 6.45) is 0. The van der Waals surface area contributed by atoms with Gasteiger partial charge in [0.2, 0.25) is 0 Å². The normalized spacial score (nSPS) is 13.0. The van der Waals surface area contributed by atoms with Crippen LogP contribution in [0.1, 0.15) is 105 Å². The van der Waals surface area contributed by atoms with Crippen LogP contribution >= 0.6 is 0 Å². The highest BCUT2D eigenvalue weighted by molar-refractivity contribution is 5.81. The van der Waals surface area contributed by atoms with Crippen molar-refractivity contribution in [1.29, 1.82) is 0 Å². The zero-order chi connectivity index (χ0) is 27.1. The summed E-state index contributed by atoms with van der Waals surface area (Å²) in [5, 5.41) is 7.64. The lowest BCUT2D eigenvalue weighted by molar-refractivity contribution is 0.578. The van der Waals surface area contributed by atoms with Crippen molar-refractivity contribution in [1.82, 2.24) is 0 Å². The van der Waals surface area contributed by atoms with Gasteiger partial charge in [-0.1, -0.05) is 119 Å². The maximum absolute atomic E-state index is 3.82. The van der Waals surface area contributed by atoms with Crippen molar-refractivity contribution in [2.45, 2.75) is 105 Å².